The lowest BCUT2D eigenvalue weighted by Gasteiger charge is -2.09. The van der Waals surface area contributed by atoms with Crippen molar-refractivity contribution in [3.8, 4) is 34.5 Å². The number of methoxy groups -OCH3 is 4. The lowest BCUT2D eigenvalue weighted by molar-refractivity contribution is 0.384. The molecule has 0 fully saturated rings. The Labute approximate surface area is 163 Å². The van der Waals surface area contributed by atoms with Gasteiger partial charge in [0.2, 0.25) is 0 Å². The van der Waals surface area contributed by atoms with Gasteiger partial charge in [-0.2, -0.15) is 0 Å². The fourth-order valence-electron chi connectivity index (χ4n) is 2.43. The first-order valence-electron chi connectivity index (χ1n) is 8.43. The first-order valence-corrected chi connectivity index (χ1v) is 8.43. The van der Waals surface area contributed by atoms with E-state index in [1.165, 1.54) is 53.0 Å². The van der Waals surface area contributed by atoms with Gasteiger partial charge in [0.05, 0.1) is 52.7 Å². The number of aliphatic imine (C=N–C) groups is 2. The molecule has 0 unspecified atom stereocenters. The van der Waals surface area contributed by atoms with Crippen LogP contribution < -0.4 is 18.9 Å². The Hall–Kier alpha value is -3.42. The van der Waals surface area contributed by atoms with Crippen molar-refractivity contribution in [1.82, 2.24) is 0 Å². The van der Waals surface area contributed by atoms with Crippen LogP contribution in [0.3, 0.4) is 0 Å². The molecule has 0 spiro atoms. The highest BCUT2D eigenvalue weighted by atomic mass is 16.5. The van der Waals surface area contributed by atoms with E-state index in [0.29, 0.717) is 47.2 Å². The molecule has 0 aliphatic heterocycles. The fraction of sp³-hybridized carbons (Fsp3) is 0.300. The van der Waals surface area contributed by atoms with E-state index < -0.39 is 0 Å². The molecular weight excluding hydrogens is 364 g/mol. The Morgan fingerprint density at radius 3 is 1.39 bits per heavy atom. The van der Waals surface area contributed by atoms with Gasteiger partial charge in [-0.05, 0) is 0 Å². The van der Waals surface area contributed by atoms with E-state index in [-0.39, 0.29) is 11.5 Å². The molecule has 150 valence electrons. The molecule has 2 rings (SSSR count). The van der Waals surface area contributed by atoms with E-state index in [2.05, 4.69) is 9.98 Å². The number of phenolic OH excluding ortho intramolecular Hbond substituents is 2. The Morgan fingerprint density at radius 2 is 1.07 bits per heavy atom. The van der Waals surface area contributed by atoms with Crippen LogP contribution in [-0.4, -0.2) is 64.2 Å². The molecule has 0 radical (unpaired) electrons. The predicted molar refractivity (Wildman–Crippen MR) is 107 cm³/mol. The van der Waals surface area contributed by atoms with Gasteiger partial charge in [-0.1, -0.05) is 0 Å². The highest BCUT2D eigenvalue weighted by Crippen LogP contribution is 2.32. The van der Waals surface area contributed by atoms with Gasteiger partial charge in [0.15, 0.2) is 0 Å². The van der Waals surface area contributed by atoms with Crippen LogP contribution in [0, 0.1) is 0 Å². The van der Waals surface area contributed by atoms with Gasteiger partial charge in [0.1, 0.15) is 34.5 Å². The summed E-state index contributed by atoms with van der Waals surface area (Å²) in [7, 11) is 6.03. The molecule has 0 aliphatic carbocycles. The van der Waals surface area contributed by atoms with E-state index in [1.54, 1.807) is 12.1 Å². The smallest absolute Gasteiger partial charge is 0.135 e. The summed E-state index contributed by atoms with van der Waals surface area (Å²) in [6.45, 7) is 0.759. The van der Waals surface area contributed by atoms with Crippen molar-refractivity contribution in [3.63, 3.8) is 0 Å². The Kier molecular flexibility index (Phi) is 7.50. The lowest BCUT2D eigenvalue weighted by atomic mass is 10.2. The maximum atomic E-state index is 10.1. The molecule has 2 N–H and O–H groups in total. The van der Waals surface area contributed by atoms with Crippen molar-refractivity contribution in [2.45, 2.75) is 0 Å². The number of ether oxygens (including phenoxy) is 4. The van der Waals surface area contributed by atoms with Gasteiger partial charge in [-0.3, -0.25) is 9.98 Å². The molecule has 28 heavy (non-hydrogen) atoms. The summed E-state index contributed by atoms with van der Waals surface area (Å²) in [6.07, 6.45) is 3.04. The van der Waals surface area contributed by atoms with Crippen LogP contribution in [0.15, 0.2) is 34.3 Å². The van der Waals surface area contributed by atoms with Gasteiger partial charge in [-0.15, -0.1) is 0 Å². The summed E-state index contributed by atoms with van der Waals surface area (Å²) >= 11 is 0. The predicted octanol–water partition coefficient (Wildman–Crippen LogP) is 2.67. The van der Waals surface area contributed by atoms with Crippen LogP contribution in [0.4, 0.5) is 0 Å². The zero-order valence-electron chi connectivity index (χ0n) is 16.3. The zero-order chi connectivity index (χ0) is 20.5. The highest BCUT2D eigenvalue weighted by Gasteiger charge is 2.10. The molecule has 0 saturated heterocycles. The number of hydrogen-bond donors (Lipinski definition) is 2. The SMILES string of the molecule is COc1cc(O)c(C=NCCN=Cc2c(O)cc(OC)cc2OC)c(OC)c1. The second kappa shape index (κ2) is 10.1. The van der Waals surface area contributed by atoms with E-state index in [0.717, 1.165) is 0 Å². The molecule has 2 aromatic carbocycles. The number of benzene rings is 2. The Bertz CT molecular complexity index is 793. The van der Waals surface area contributed by atoms with Crippen LogP contribution in [0.25, 0.3) is 0 Å². The van der Waals surface area contributed by atoms with Gasteiger partial charge in [0.25, 0.3) is 0 Å². The van der Waals surface area contributed by atoms with Crippen molar-refractivity contribution < 1.29 is 29.2 Å². The first-order chi connectivity index (χ1) is 13.5. The minimum atomic E-state index is 0.0105. The van der Waals surface area contributed by atoms with Gasteiger partial charge in [0, 0.05) is 36.7 Å². The third kappa shape index (κ3) is 5.06. The Morgan fingerprint density at radius 1 is 0.679 bits per heavy atom. The quantitative estimate of drug-likeness (QED) is 0.506. The molecule has 8 heteroatoms. The molecule has 0 bridgehead atoms. The third-order valence-electron chi connectivity index (χ3n) is 3.90. The van der Waals surface area contributed by atoms with Crippen molar-refractivity contribution in [3.05, 3.63) is 35.4 Å². The Balaban J connectivity index is 2.03. The van der Waals surface area contributed by atoms with E-state index in [9.17, 15) is 10.2 Å². The molecule has 0 saturated carbocycles. The van der Waals surface area contributed by atoms with Crippen LogP contribution >= 0.6 is 0 Å². The fourth-order valence-corrected chi connectivity index (χ4v) is 2.43. The number of phenols is 2. The summed E-state index contributed by atoms with van der Waals surface area (Å²) < 4.78 is 20.7. The van der Waals surface area contributed by atoms with Crippen LogP contribution in [-0.2, 0) is 0 Å². The molecule has 0 aromatic heterocycles. The van der Waals surface area contributed by atoms with Crippen LogP contribution in [0.5, 0.6) is 34.5 Å². The van der Waals surface area contributed by atoms with Crippen molar-refractivity contribution in [2.24, 2.45) is 9.98 Å². The summed E-state index contributed by atoms with van der Waals surface area (Å²) in [5.74, 6) is 1.91. The largest absolute Gasteiger partial charge is 0.507 e. The second-order valence-corrected chi connectivity index (χ2v) is 5.60. The van der Waals surface area contributed by atoms with Crippen LogP contribution in [0.2, 0.25) is 0 Å². The van der Waals surface area contributed by atoms with Gasteiger partial charge < -0.3 is 29.2 Å². The zero-order valence-corrected chi connectivity index (χ0v) is 16.3. The third-order valence-corrected chi connectivity index (χ3v) is 3.90. The molecule has 0 aliphatic rings. The average Bonchev–Trinajstić information content (AvgIpc) is 2.71. The number of hydrogen-bond acceptors (Lipinski definition) is 8. The summed E-state index contributed by atoms with van der Waals surface area (Å²) in [6, 6.07) is 6.30. The number of nitrogens with zero attached hydrogens (tertiary/aromatic N) is 2. The molecule has 2 aromatic rings. The molecule has 0 heterocycles. The molecule has 0 amide bonds. The summed E-state index contributed by atoms with van der Waals surface area (Å²) in [4.78, 5) is 8.51. The normalized spacial score (nSPS) is 11.1. The van der Waals surface area contributed by atoms with Crippen LogP contribution in [0.1, 0.15) is 11.1 Å². The van der Waals surface area contributed by atoms with Crippen molar-refractivity contribution >= 4 is 12.4 Å². The summed E-state index contributed by atoms with van der Waals surface area (Å²) in [5, 5.41) is 20.2. The minimum absolute atomic E-state index is 0.0105. The van der Waals surface area contributed by atoms with E-state index >= 15 is 0 Å². The average molecular weight is 388 g/mol. The van der Waals surface area contributed by atoms with E-state index in [4.69, 9.17) is 18.9 Å². The molecule has 0 atom stereocenters. The number of rotatable bonds is 9. The molecular formula is C20H24N2O6. The first kappa shape index (κ1) is 20.9. The topological polar surface area (TPSA) is 102 Å². The molecule has 8 nitrogen and oxygen atoms in total. The van der Waals surface area contributed by atoms with Crippen molar-refractivity contribution in [2.75, 3.05) is 41.5 Å². The second-order valence-electron chi connectivity index (χ2n) is 5.60. The van der Waals surface area contributed by atoms with Gasteiger partial charge in [-0.25, -0.2) is 0 Å². The van der Waals surface area contributed by atoms with Crippen molar-refractivity contribution in [1.29, 1.82) is 0 Å². The maximum absolute atomic E-state index is 10.1. The van der Waals surface area contributed by atoms with E-state index in [1.807, 2.05) is 0 Å². The minimum Gasteiger partial charge on any atom is -0.507 e. The standard InChI is InChI=1S/C20H24N2O6/c1-25-13-7-17(23)15(19(9-13)27-3)11-21-5-6-22-12-16-18(24)8-14(26-2)10-20(16)28-4/h7-12,23-24H,5-6H2,1-4H3. The highest BCUT2D eigenvalue weighted by molar-refractivity contribution is 5.88. The monoisotopic (exact) mass is 388 g/mol. The lowest BCUT2D eigenvalue weighted by Crippen LogP contribution is -1.96. The maximum Gasteiger partial charge on any atom is 0.135 e. The number of aromatic hydroxyl groups is 2. The summed E-state index contributed by atoms with van der Waals surface area (Å²) in [5.41, 5.74) is 0.920. The van der Waals surface area contributed by atoms with Gasteiger partial charge >= 0.3 is 0 Å².